The largest absolute Gasteiger partial charge is 0.399 e. The van der Waals surface area contributed by atoms with Gasteiger partial charge in [-0.25, -0.2) is 0 Å². The first kappa shape index (κ1) is 10.8. The van der Waals surface area contributed by atoms with Gasteiger partial charge in [-0.2, -0.15) is 0 Å². The number of hydrogen-bond donors (Lipinski definition) is 2. The van der Waals surface area contributed by atoms with Crippen molar-refractivity contribution < 1.29 is 5.11 Å². The van der Waals surface area contributed by atoms with E-state index in [4.69, 9.17) is 5.73 Å². The van der Waals surface area contributed by atoms with Gasteiger partial charge in [0.05, 0.1) is 6.10 Å². The first-order valence-electron chi connectivity index (χ1n) is 4.68. The van der Waals surface area contributed by atoms with Gasteiger partial charge < -0.3 is 10.8 Å². The van der Waals surface area contributed by atoms with Crippen molar-refractivity contribution in [2.75, 3.05) is 5.73 Å². The molecule has 1 unspecified atom stereocenters. The predicted octanol–water partition coefficient (Wildman–Crippen LogP) is 2.58. The van der Waals surface area contributed by atoms with Gasteiger partial charge in [0.25, 0.3) is 0 Å². The summed E-state index contributed by atoms with van der Waals surface area (Å²) in [4.78, 5) is 0. The lowest BCUT2D eigenvalue weighted by Gasteiger charge is -2.12. The van der Waals surface area contributed by atoms with Crippen LogP contribution in [0.25, 0.3) is 0 Å². The first-order valence-corrected chi connectivity index (χ1v) is 4.68. The minimum atomic E-state index is -0.491. The van der Waals surface area contributed by atoms with E-state index in [0.717, 1.165) is 16.7 Å². The summed E-state index contributed by atoms with van der Waals surface area (Å²) >= 11 is 0. The Labute approximate surface area is 85.1 Å². The molecule has 0 saturated heterocycles. The smallest absolute Gasteiger partial charge is 0.0827 e. The molecule has 0 spiro atoms. The highest BCUT2D eigenvalue weighted by atomic mass is 16.3. The van der Waals surface area contributed by atoms with E-state index < -0.39 is 6.10 Å². The maximum absolute atomic E-state index is 9.82. The maximum Gasteiger partial charge on any atom is 0.0827 e. The highest BCUT2D eigenvalue weighted by Gasteiger charge is 2.08. The molecular weight excluding hydrogens is 174 g/mol. The van der Waals surface area contributed by atoms with Gasteiger partial charge in [0.1, 0.15) is 0 Å². The fourth-order valence-corrected chi connectivity index (χ4v) is 1.48. The zero-order valence-corrected chi connectivity index (χ0v) is 8.75. The van der Waals surface area contributed by atoms with Crippen LogP contribution in [0.1, 0.15) is 30.6 Å². The Morgan fingerprint density at radius 3 is 2.64 bits per heavy atom. The standard InChI is InChI=1S/C12H17NO/c1-8(2)4-12(14)10-5-9(3)6-11(13)7-10/h5-7,12,14H,1,4,13H2,2-3H3. The summed E-state index contributed by atoms with van der Waals surface area (Å²) in [5.41, 5.74) is 9.30. The molecule has 0 fully saturated rings. The molecule has 0 amide bonds. The molecule has 1 aromatic carbocycles. The summed E-state index contributed by atoms with van der Waals surface area (Å²) in [5, 5.41) is 9.82. The molecule has 3 N–H and O–H groups in total. The van der Waals surface area contributed by atoms with Crippen LogP contribution in [0.2, 0.25) is 0 Å². The third-order valence-corrected chi connectivity index (χ3v) is 2.05. The Morgan fingerprint density at radius 1 is 1.50 bits per heavy atom. The summed E-state index contributed by atoms with van der Waals surface area (Å²) in [6.07, 6.45) is 0.0952. The molecule has 0 aromatic heterocycles. The fraction of sp³-hybridized carbons (Fsp3) is 0.333. The summed E-state index contributed by atoms with van der Waals surface area (Å²) in [5.74, 6) is 0. The summed E-state index contributed by atoms with van der Waals surface area (Å²) in [6.45, 7) is 7.64. The number of anilines is 1. The number of hydrogen-bond acceptors (Lipinski definition) is 2. The van der Waals surface area contributed by atoms with Crippen LogP contribution in [-0.2, 0) is 0 Å². The van der Waals surface area contributed by atoms with Gasteiger partial charge in [0, 0.05) is 5.69 Å². The van der Waals surface area contributed by atoms with Gasteiger partial charge in [0.15, 0.2) is 0 Å². The molecule has 0 heterocycles. The Morgan fingerprint density at radius 2 is 2.14 bits per heavy atom. The van der Waals surface area contributed by atoms with Crippen molar-refractivity contribution in [3.05, 3.63) is 41.5 Å². The molecule has 0 aliphatic rings. The zero-order valence-electron chi connectivity index (χ0n) is 8.75. The molecule has 0 aliphatic carbocycles. The van der Waals surface area contributed by atoms with Crippen molar-refractivity contribution in [2.24, 2.45) is 0 Å². The Kier molecular flexibility index (Phi) is 3.31. The van der Waals surface area contributed by atoms with E-state index in [1.54, 1.807) is 6.07 Å². The molecule has 2 heteroatoms. The highest BCUT2D eigenvalue weighted by Crippen LogP contribution is 2.23. The van der Waals surface area contributed by atoms with E-state index in [-0.39, 0.29) is 0 Å². The third-order valence-electron chi connectivity index (χ3n) is 2.05. The van der Waals surface area contributed by atoms with Gasteiger partial charge in [-0.15, -0.1) is 6.58 Å². The number of aryl methyl sites for hydroxylation is 1. The number of rotatable bonds is 3. The Hall–Kier alpha value is -1.28. The molecule has 14 heavy (non-hydrogen) atoms. The summed E-state index contributed by atoms with van der Waals surface area (Å²) < 4.78 is 0. The monoisotopic (exact) mass is 191 g/mol. The Balaban J connectivity index is 2.89. The van der Waals surface area contributed by atoms with Gasteiger partial charge in [0.2, 0.25) is 0 Å². The van der Waals surface area contributed by atoms with E-state index in [2.05, 4.69) is 6.58 Å². The normalized spacial score (nSPS) is 12.5. The number of aliphatic hydroxyl groups is 1. The molecule has 76 valence electrons. The van der Waals surface area contributed by atoms with Crippen molar-refractivity contribution in [2.45, 2.75) is 26.4 Å². The van der Waals surface area contributed by atoms with E-state index in [1.807, 2.05) is 26.0 Å². The lowest BCUT2D eigenvalue weighted by molar-refractivity contribution is 0.178. The molecule has 0 radical (unpaired) electrons. The molecule has 0 aliphatic heterocycles. The second-order valence-corrected chi connectivity index (χ2v) is 3.85. The Bertz CT molecular complexity index is 324. The number of nitrogens with two attached hydrogens (primary N) is 1. The topological polar surface area (TPSA) is 46.2 Å². The van der Waals surface area contributed by atoms with Crippen LogP contribution in [0.4, 0.5) is 5.69 Å². The minimum absolute atomic E-state index is 0.491. The van der Waals surface area contributed by atoms with Crippen LogP contribution in [0, 0.1) is 6.92 Å². The van der Waals surface area contributed by atoms with Crippen LogP contribution >= 0.6 is 0 Å². The SMILES string of the molecule is C=C(C)CC(O)c1cc(C)cc(N)c1. The zero-order chi connectivity index (χ0) is 10.7. The fourth-order valence-electron chi connectivity index (χ4n) is 1.48. The quantitative estimate of drug-likeness (QED) is 0.569. The van der Waals surface area contributed by atoms with Crippen molar-refractivity contribution in [1.82, 2.24) is 0 Å². The average molecular weight is 191 g/mol. The van der Waals surface area contributed by atoms with Crippen molar-refractivity contribution in [3.63, 3.8) is 0 Å². The van der Waals surface area contributed by atoms with Gasteiger partial charge >= 0.3 is 0 Å². The molecule has 1 atom stereocenters. The molecule has 0 saturated carbocycles. The van der Waals surface area contributed by atoms with Gasteiger partial charge in [-0.1, -0.05) is 11.6 Å². The molecule has 2 nitrogen and oxygen atoms in total. The van der Waals surface area contributed by atoms with Crippen LogP contribution in [0.15, 0.2) is 30.4 Å². The van der Waals surface area contributed by atoms with Crippen LogP contribution in [0.3, 0.4) is 0 Å². The lowest BCUT2D eigenvalue weighted by atomic mass is 10.0. The molecule has 1 rings (SSSR count). The summed E-state index contributed by atoms with van der Waals surface area (Å²) in [6, 6.07) is 5.64. The maximum atomic E-state index is 9.82. The van der Waals surface area contributed by atoms with E-state index in [1.165, 1.54) is 0 Å². The summed E-state index contributed by atoms with van der Waals surface area (Å²) in [7, 11) is 0. The van der Waals surface area contributed by atoms with Crippen molar-refractivity contribution >= 4 is 5.69 Å². The van der Waals surface area contributed by atoms with E-state index in [9.17, 15) is 5.11 Å². The second-order valence-electron chi connectivity index (χ2n) is 3.85. The molecule has 0 bridgehead atoms. The van der Waals surface area contributed by atoms with Crippen molar-refractivity contribution in [1.29, 1.82) is 0 Å². The second kappa shape index (κ2) is 4.29. The van der Waals surface area contributed by atoms with Gasteiger partial charge in [-0.3, -0.25) is 0 Å². The van der Waals surface area contributed by atoms with Crippen molar-refractivity contribution in [3.8, 4) is 0 Å². The molecule has 1 aromatic rings. The van der Waals surface area contributed by atoms with Crippen LogP contribution in [-0.4, -0.2) is 5.11 Å². The van der Waals surface area contributed by atoms with E-state index in [0.29, 0.717) is 12.1 Å². The third kappa shape index (κ3) is 2.89. The number of nitrogen functional groups attached to an aromatic ring is 1. The van der Waals surface area contributed by atoms with Crippen LogP contribution < -0.4 is 5.73 Å². The average Bonchev–Trinajstić information content (AvgIpc) is 2.00. The van der Waals surface area contributed by atoms with Gasteiger partial charge in [-0.05, 0) is 43.5 Å². The first-order chi connectivity index (χ1) is 6.49. The number of aliphatic hydroxyl groups excluding tert-OH is 1. The number of benzene rings is 1. The highest BCUT2D eigenvalue weighted by molar-refractivity contribution is 5.45. The lowest BCUT2D eigenvalue weighted by Crippen LogP contribution is -1.99. The predicted molar refractivity (Wildman–Crippen MR) is 60.0 cm³/mol. The minimum Gasteiger partial charge on any atom is -0.399 e. The van der Waals surface area contributed by atoms with E-state index >= 15 is 0 Å². The van der Waals surface area contributed by atoms with Crippen LogP contribution in [0.5, 0.6) is 0 Å². The molecular formula is C12H17NO.